The number of nitrogens with one attached hydrogen (secondary N) is 2. The molecular formula is C27H24ClN5O2S. The predicted octanol–water partition coefficient (Wildman–Crippen LogP) is 5.29. The van der Waals surface area contributed by atoms with Crippen LogP contribution in [-0.4, -0.2) is 34.3 Å². The van der Waals surface area contributed by atoms with Crippen molar-refractivity contribution in [1.82, 2.24) is 14.9 Å². The molecule has 182 valence electrons. The average molecular weight is 518 g/mol. The topological polar surface area (TPSA) is 71.4 Å². The molecule has 7 nitrogen and oxygen atoms in total. The number of rotatable bonds is 7. The Morgan fingerprint density at radius 3 is 2.61 bits per heavy atom. The van der Waals surface area contributed by atoms with Gasteiger partial charge in [0.15, 0.2) is 5.11 Å². The fourth-order valence-electron chi connectivity index (χ4n) is 4.46. The SMILES string of the molecule is COCC(=O)Nc1ccc(N2C(=S)N[C@H](c3ccccn3)[C@@H]2c2cccn2-c2ccccc2)cc1Cl. The first kappa shape index (κ1) is 24.0. The summed E-state index contributed by atoms with van der Waals surface area (Å²) in [5.74, 6) is -0.278. The van der Waals surface area contributed by atoms with Gasteiger partial charge in [0.25, 0.3) is 0 Å². The van der Waals surface area contributed by atoms with Gasteiger partial charge in [-0.1, -0.05) is 35.9 Å². The lowest BCUT2D eigenvalue weighted by atomic mass is 10.0. The second kappa shape index (κ2) is 10.5. The summed E-state index contributed by atoms with van der Waals surface area (Å²) < 4.78 is 7.05. The van der Waals surface area contributed by atoms with Crippen LogP contribution in [0.2, 0.25) is 5.02 Å². The molecule has 0 aliphatic carbocycles. The first-order chi connectivity index (χ1) is 17.6. The number of hydrogen-bond donors (Lipinski definition) is 2. The minimum Gasteiger partial charge on any atom is -0.375 e. The zero-order chi connectivity index (χ0) is 25.1. The van der Waals surface area contributed by atoms with Gasteiger partial charge in [-0.05, 0) is 66.8 Å². The van der Waals surface area contributed by atoms with Gasteiger partial charge in [-0.15, -0.1) is 0 Å². The number of hydrogen-bond acceptors (Lipinski definition) is 4. The van der Waals surface area contributed by atoms with E-state index in [9.17, 15) is 4.79 Å². The van der Waals surface area contributed by atoms with E-state index in [4.69, 9.17) is 28.6 Å². The number of carbonyl (C=O) groups is 1. The highest BCUT2D eigenvalue weighted by Gasteiger charge is 2.42. The highest BCUT2D eigenvalue weighted by atomic mass is 35.5. The number of ether oxygens (including phenoxy) is 1. The van der Waals surface area contributed by atoms with Gasteiger partial charge in [0.2, 0.25) is 5.91 Å². The summed E-state index contributed by atoms with van der Waals surface area (Å²) in [6.07, 6.45) is 3.82. The Kier molecular flexibility index (Phi) is 6.99. The second-order valence-corrected chi connectivity index (χ2v) is 9.07. The molecule has 1 aliphatic rings. The van der Waals surface area contributed by atoms with Crippen LogP contribution in [0.4, 0.5) is 11.4 Å². The van der Waals surface area contributed by atoms with Gasteiger partial charge in [-0.2, -0.15) is 0 Å². The van der Waals surface area contributed by atoms with Gasteiger partial charge < -0.3 is 24.8 Å². The van der Waals surface area contributed by atoms with Gasteiger partial charge in [0.1, 0.15) is 12.6 Å². The average Bonchev–Trinajstić information content (AvgIpc) is 3.51. The van der Waals surface area contributed by atoms with Crippen molar-refractivity contribution in [2.75, 3.05) is 23.9 Å². The lowest BCUT2D eigenvalue weighted by Gasteiger charge is -2.29. The predicted molar refractivity (Wildman–Crippen MR) is 146 cm³/mol. The normalized spacial score (nSPS) is 17.2. The van der Waals surface area contributed by atoms with Crippen LogP contribution in [0.3, 0.4) is 0 Å². The summed E-state index contributed by atoms with van der Waals surface area (Å²) in [6, 6.07) is 25.2. The molecule has 1 fully saturated rings. The Morgan fingerprint density at radius 1 is 1.08 bits per heavy atom. The van der Waals surface area contributed by atoms with Crippen molar-refractivity contribution in [2.24, 2.45) is 0 Å². The molecule has 0 unspecified atom stereocenters. The molecule has 1 saturated heterocycles. The number of halogens is 1. The second-order valence-electron chi connectivity index (χ2n) is 8.28. The number of benzene rings is 2. The van der Waals surface area contributed by atoms with E-state index >= 15 is 0 Å². The molecule has 0 spiro atoms. The summed E-state index contributed by atoms with van der Waals surface area (Å²) in [5.41, 5.74) is 4.27. The maximum absolute atomic E-state index is 12.0. The molecule has 2 aromatic heterocycles. The van der Waals surface area contributed by atoms with Crippen LogP contribution in [0.15, 0.2) is 91.3 Å². The maximum Gasteiger partial charge on any atom is 0.250 e. The molecule has 9 heteroatoms. The van der Waals surface area contributed by atoms with Crippen LogP contribution in [0.25, 0.3) is 5.69 Å². The van der Waals surface area contributed by atoms with Crippen LogP contribution in [-0.2, 0) is 9.53 Å². The Balaban J connectivity index is 1.58. The summed E-state index contributed by atoms with van der Waals surface area (Å²) in [5, 5.41) is 7.20. The van der Waals surface area contributed by atoms with Crippen LogP contribution >= 0.6 is 23.8 Å². The van der Waals surface area contributed by atoms with Gasteiger partial charge >= 0.3 is 0 Å². The van der Waals surface area contributed by atoms with Gasteiger partial charge in [-0.3, -0.25) is 9.78 Å². The third-order valence-electron chi connectivity index (χ3n) is 6.00. The zero-order valence-electron chi connectivity index (χ0n) is 19.5. The molecule has 0 radical (unpaired) electrons. The minimum atomic E-state index is -0.278. The number of aromatic nitrogens is 2. The van der Waals surface area contributed by atoms with Crippen LogP contribution in [0.5, 0.6) is 0 Å². The first-order valence-corrected chi connectivity index (χ1v) is 12.2. The number of amides is 1. The monoisotopic (exact) mass is 517 g/mol. The van der Waals surface area contributed by atoms with E-state index in [1.165, 1.54) is 7.11 Å². The van der Waals surface area contributed by atoms with E-state index < -0.39 is 0 Å². The van der Waals surface area contributed by atoms with E-state index in [-0.39, 0.29) is 24.6 Å². The number of anilines is 2. The summed E-state index contributed by atoms with van der Waals surface area (Å²) >= 11 is 12.4. The zero-order valence-corrected chi connectivity index (χ0v) is 21.0. The molecule has 0 saturated carbocycles. The molecule has 1 amide bonds. The number of para-hydroxylation sites is 1. The molecular weight excluding hydrogens is 494 g/mol. The Hall–Kier alpha value is -3.72. The highest BCUT2D eigenvalue weighted by molar-refractivity contribution is 7.80. The quantitative estimate of drug-likeness (QED) is 0.325. The molecule has 2 N–H and O–H groups in total. The summed E-state index contributed by atoms with van der Waals surface area (Å²) in [7, 11) is 1.47. The van der Waals surface area contributed by atoms with E-state index in [2.05, 4.69) is 43.3 Å². The lowest BCUT2D eigenvalue weighted by Crippen LogP contribution is -2.30. The van der Waals surface area contributed by atoms with Crippen molar-refractivity contribution in [2.45, 2.75) is 12.1 Å². The number of thiocarbonyl (C=S) groups is 1. The van der Waals surface area contributed by atoms with Crippen molar-refractivity contribution >= 4 is 46.2 Å². The van der Waals surface area contributed by atoms with Gasteiger partial charge in [0.05, 0.1) is 22.4 Å². The van der Waals surface area contributed by atoms with Crippen molar-refractivity contribution in [1.29, 1.82) is 0 Å². The Bertz CT molecular complexity index is 1380. The van der Waals surface area contributed by atoms with Gasteiger partial charge in [0, 0.05) is 36.6 Å². The molecule has 2 aromatic carbocycles. The third kappa shape index (κ3) is 4.70. The summed E-state index contributed by atoms with van der Waals surface area (Å²) in [4.78, 5) is 18.7. The van der Waals surface area contributed by atoms with Crippen LogP contribution < -0.4 is 15.5 Å². The Morgan fingerprint density at radius 2 is 1.89 bits per heavy atom. The number of pyridine rings is 1. The number of nitrogens with zero attached hydrogens (tertiary/aromatic N) is 3. The smallest absolute Gasteiger partial charge is 0.250 e. The van der Waals surface area contributed by atoms with Crippen molar-refractivity contribution < 1.29 is 9.53 Å². The fourth-order valence-corrected chi connectivity index (χ4v) is 5.03. The molecule has 0 bridgehead atoms. The highest BCUT2D eigenvalue weighted by Crippen LogP contribution is 2.43. The molecule has 4 aromatic rings. The van der Waals surface area contributed by atoms with E-state index in [0.717, 1.165) is 22.8 Å². The van der Waals surface area contributed by atoms with E-state index in [1.54, 1.807) is 12.3 Å². The van der Waals surface area contributed by atoms with E-state index in [1.807, 2.05) is 60.8 Å². The number of methoxy groups -OCH3 is 1. The molecule has 5 rings (SSSR count). The van der Waals surface area contributed by atoms with Crippen molar-refractivity contribution in [3.8, 4) is 5.69 Å². The Labute approximate surface area is 219 Å². The van der Waals surface area contributed by atoms with Crippen LogP contribution in [0.1, 0.15) is 23.5 Å². The largest absolute Gasteiger partial charge is 0.375 e. The minimum absolute atomic E-state index is 0.0531. The molecule has 1 aliphatic heterocycles. The maximum atomic E-state index is 12.0. The fraction of sp³-hybridized carbons (Fsp3) is 0.148. The molecule has 3 heterocycles. The lowest BCUT2D eigenvalue weighted by molar-refractivity contribution is -0.119. The first-order valence-electron chi connectivity index (χ1n) is 11.4. The number of carbonyl (C=O) groups excluding carboxylic acids is 1. The third-order valence-corrected chi connectivity index (χ3v) is 6.62. The standard InChI is InChI=1S/C27H24ClN5O2S/c1-35-17-24(34)30-21-13-12-19(16-20(21)28)33-26(25(31-27(33)36)22-10-5-6-14-29-22)23-11-7-15-32(23)18-8-3-2-4-9-18/h2-16,25-26H,17H2,1H3,(H,30,34)(H,31,36)/t25-,26+/m1/s1. The van der Waals surface area contributed by atoms with E-state index in [0.29, 0.717) is 15.8 Å². The molecule has 2 atom stereocenters. The van der Waals surface area contributed by atoms with Crippen molar-refractivity contribution in [3.05, 3.63) is 108 Å². The summed E-state index contributed by atoms with van der Waals surface area (Å²) in [6.45, 7) is -0.0531. The van der Waals surface area contributed by atoms with Crippen LogP contribution in [0, 0.1) is 0 Å². The van der Waals surface area contributed by atoms with Crippen molar-refractivity contribution in [3.63, 3.8) is 0 Å². The van der Waals surface area contributed by atoms with Gasteiger partial charge in [-0.25, -0.2) is 0 Å². The molecule has 36 heavy (non-hydrogen) atoms.